The average Bonchev–Trinajstić information content (AvgIpc) is 3.35. The minimum absolute atomic E-state index is 0.00803. The Bertz CT molecular complexity index is 1610. The molecular formula is C27H22BrF3N4O3S. The van der Waals surface area contributed by atoms with Crippen LogP contribution in [0, 0.1) is 13.8 Å². The molecule has 39 heavy (non-hydrogen) atoms. The van der Waals surface area contributed by atoms with E-state index >= 15 is 0 Å². The lowest BCUT2D eigenvalue weighted by molar-refractivity contribution is -0.137. The number of carboxylic acids is 1. The lowest BCUT2D eigenvalue weighted by Gasteiger charge is -2.34. The van der Waals surface area contributed by atoms with E-state index in [1.807, 2.05) is 13.0 Å². The summed E-state index contributed by atoms with van der Waals surface area (Å²) in [7, 11) is 0. The maximum Gasteiger partial charge on any atom is 0.416 e. The number of carboxylic acid groups (broad SMARTS) is 1. The third-order valence-electron chi connectivity index (χ3n) is 6.61. The zero-order chi connectivity index (χ0) is 28.1. The first kappa shape index (κ1) is 27.2. The molecule has 4 aromatic rings. The Morgan fingerprint density at radius 2 is 1.92 bits per heavy atom. The Morgan fingerprint density at radius 3 is 2.64 bits per heavy atom. The van der Waals surface area contributed by atoms with Gasteiger partial charge in [0.15, 0.2) is 0 Å². The van der Waals surface area contributed by atoms with E-state index in [-0.39, 0.29) is 11.4 Å². The second-order valence-electron chi connectivity index (χ2n) is 9.42. The lowest BCUT2D eigenvalue weighted by atomic mass is 9.78. The minimum atomic E-state index is -4.50. The third kappa shape index (κ3) is 5.15. The van der Waals surface area contributed by atoms with Gasteiger partial charge in [0.05, 0.1) is 21.7 Å². The van der Waals surface area contributed by atoms with Crippen LogP contribution < -0.4 is 5.32 Å². The largest absolute Gasteiger partial charge is 0.478 e. The molecule has 0 aliphatic heterocycles. The molecule has 12 heteroatoms. The summed E-state index contributed by atoms with van der Waals surface area (Å²) in [5, 5.41) is 24.8. The van der Waals surface area contributed by atoms with Gasteiger partial charge < -0.3 is 15.5 Å². The van der Waals surface area contributed by atoms with Crippen molar-refractivity contribution in [2.24, 2.45) is 0 Å². The summed E-state index contributed by atoms with van der Waals surface area (Å²) in [6.07, 6.45) is -0.131. The van der Waals surface area contributed by atoms with Gasteiger partial charge in [-0.05, 0) is 95.6 Å². The third-order valence-corrected chi connectivity index (χ3v) is 8.66. The van der Waals surface area contributed by atoms with Gasteiger partial charge >= 0.3 is 12.1 Å². The van der Waals surface area contributed by atoms with Crippen LogP contribution in [-0.2, 0) is 18.2 Å². The number of anilines is 2. The number of fused-ring (bicyclic) bond motifs is 1. The van der Waals surface area contributed by atoms with Crippen molar-refractivity contribution in [3.63, 3.8) is 0 Å². The van der Waals surface area contributed by atoms with Crippen molar-refractivity contribution in [1.82, 2.24) is 15.0 Å². The molecule has 1 aliphatic carbocycles. The van der Waals surface area contributed by atoms with Gasteiger partial charge in [-0.25, -0.2) is 19.7 Å². The molecule has 0 radical (unpaired) electrons. The number of halogens is 4. The summed E-state index contributed by atoms with van der Waals surface area (Å²) >= 11 is 4.71. The number of aromatic nitrogens is 3. The van der Waals surface area contributed by atoms with Crippen LogP contribution in [0.1, 0.15) is 56.0 Å². The number of rotatable bonds is 5. The number of alkyl halides is 3. The molecule has 0 amide bonds. The first-order valence-corrected chi connectivity index (χ1v) is 13.5. The number of thiazole rings is 1. The normalized spacial score (nSPS) is 17.1. The fourth-order valence-electron chi connectivity index (χ4n) is 4.82. The van der Waals surface area contributed by atoms with Crippen LogP contribution in [0.4, 0.5) is 24.8 Å². The number of hydrogen-bond acceptors (Lipinski definition) is 7. The highest BCUT2D eigenvalue weighted by atomic mass is 79.9. The molecule has 3 N–H and O–H groups in total. The number of carbonyl (C=O) groups is 1. The zero-order valence-electron chi connectivity index (χ0n) is 20.7. The lowest BCUT2D eigenvalue weighted by Crippen LogP contribution is -2.32. The van der Waals surface area contributed by atoms with Crippen LogP contribution in [0.3, 0.4) is 0 Å². The van der Waals surface area contributed by atoms with E-state index in [0.717, 1.165) is 29.5 Å². The fourth-order valence-corrected chi connectivity index (χ4v) is 6.72. The van der Waals surface area contributed by atoms with Gasteiger partial charge in [0.1, 0.15) is 22.2 Å². The van der Waals surface area contributed by atoms with E-state index in [0.29, 0.717) is 56.3 Å². The summed E-state index contributed by atoms with van der Waals surface area (Å²) in [6, 6.07) is 7.05. The molecular weight excluding hydrogens is 597 g/mol. The maximum absolute atomic E-state index is 13.1. The monoisotopic (exact) mass is 618 g/mol. The Labute approximate surface area is 233 Å². The van der Waals surface area contributed by atoms with Gasteiger partial charge in [0.25, 0.3) is 0 Å². The van der Waals surface area contributed by atoms with E-state index in [1.165, 1.54) is 11.3 Å². The number of nitrogens with one attached hydrogen (secondary N) is 1. The number of benzene rings is 1. The van der Waals surface area contributed by atoms with Crippen LogP contribution in [0.15, 0.2) is 47.2 Å². The topological polar surface area (TPSA) is 108 Å². The summed E-state index contributed by atoms with van der Waals surface area (Å²) in [5.41, 5.74) is 1.20. The molecule has 1 unspecified atom stereocenters. The van der Waals surface area contributed by atoms with Crippen molar-refractivity contribution >= 4 is 44.9 Å². The predicted molar refractivity (Wildman–Crippen MR) is 144 cm³/mol. The standard InChI is InChI=1S/C27H22BrF3N4O3S/c1-13-8-18(34-21(9-13)35-20-11-15(5-7-32-20)27(29,30)31)19-12-33-25(39-19)26(38)6-3-4-16-17(26)10-14(2)22(23(16)28)24(36)37/h5,7-12,38H,3-4,6H2,1-2H3,(H,36,37)(H,32,34,35). The van der Waals surface area contributed by atoms with Gasteiger partial charge in [0.2, 0.25) is 0 Å². The second-order valence-corrected chi connectivity index (χ2v) is 11.2. The van der Waals surface area contributed by atoms with Crippen molar-refractivity contribution in [2.75, 3.05) is 5.32 Å². The molecule has 0 spiro atoms. The summed E-state index contributed by atoms with van der Waals surface area (Å²) in [6.45, 7) is 3.53. The number of aryl methyl sites for hydroxylation is 2. The van der Waals surface area contributed by atoms with Crippen LogP contribution in [0.5, 0.6) is 0 Å². The Hall–Kier alpha value is -3.35. The van der Waals surface area contributed by atoms with Crippen molar-refractivity contribution in [2.45, 2.75) is 44.9 Å². The van der Waals surface area contributed by atoms with E-state index in [4.69, 9.17) is 0 Å². The van der Waals surface area contributed by atoms with Crippen LogP contribution in [0.25, 0.3) is 10.6 Å². The highest BCUT2D eigenvalue weighted by Crippen LogP contribution is 2.46. The number of nitrogens with zero attached hydrogens (tertiary/aromatic N) is 3. The Kier molecular flexibility index (Phi) is 6.98. The molecule has 3 aromatic heterocycles. The van der Waals surface area contributed by atoms with Gasteiger partial charge in [-0.1, -0.05) is 6.07 Å². The minimum Gasteiger partial charge on any atom is -0.478 e. The van der Waals surface area contributed by atoms with E-state index < -0.39 is 23.3 Å². The SMILES string of the molecule is Cc1cc(Nc2cc(C(F)(F)F)ccn2)nc(-c2cnc(C3(O)CCCc4c3cc(C)c(C(=O)O)c4Br)s2)c1. The first-order chi connectivity index (χ1) is 18.4. The summed E-state index contributed by atoms with van der Waals surface area (Å²) < 4.78 is 39.8. The summed E-state index contributed by atoms with van der Waals surface area (Å²) in [4.78, 5) is 25.5. The van der Waals surface area contributed by atoms with Crippen LogP contribution in [-0.4, -0.2) is 31.1 Å². The molecule has 3 heterocycles. The van der Waals surface area contributed by atoms with Gasteiger partial charge in [-0.2, -0.15) is 13.2 Å². The van der Waals surface area contributed by atoms with Crippen molar-refractivity contribution in [3.8, 4) is 10.6 Å². The molecule has 0 fully saturated rings. The molecule has 202 valence electrons. The highest BCUT2D eigenvalue weighted by molar-refractivity contribution is 9.10. The predicted octanol–water partition coefficient (Wildman–Crippen LogP) is 7.01. The van der Waals surface area contributed by atoms with Gasteiger partial charge in [-0.3, -0.25) is 0 Å². The number of hydrogen-bond donors (Lipinski definition) is 3. The number of aromatic carboxylic acids is 1. The quantitative estimate of drug-likeness (QED) is 0.221. The zero-order valence-corrected chi connectivity index (χ0v) is 23.1. The van der Waals surface area contributed by atoms with Crippen molar-refractivity contribution in [3.05, 3.63) is 85.6 Å². The first-order valence-electron chi connectivity index (χ1n) is 11.9. The van der Waals surface area contributed by atoms with E-state index in [2.05, 4.69) is 36.2 Å². The molecule has 1 aliphatic rings. The Balaban J connectivity index is 1.50. The molecule has 0 saturated carbocycles. The highest BCUT2D eigenvalue weighted by Gasteiger charge is 2.41. The molecule has 0 bridgehead atoms. The second kappa shape index (κ2) is 10.00. The smallest absolute Gasteiger partial charge is 0.416 e. The van der Waals surface area contributed by atoms with Gasteiger partial charge in [-0.15, -0.1) is 11.3 Å². The average molecular weight is 619 g/mol. The van der Waals surface area contributed by atoms with E-state index in [1.54, 1.807) is 25.3 Å². The maximum atomic E-state index is 13.1. The Morgan fingerprint density at radius 1 is 1.15 bits per heavy atom. The molecule has 1 atom stereocenters. The van der Waals surface area contributed by atoms with Crippen molar-refractivity contribution < 1.29 is 28.2 Å². The summed E-state index contributed by atoms with van der Waals surface area (Å²) in [5.74, 6) is -0.717. The number of pyridine rings is 2. The van der Waals surface area contributed by atoms with Gasteiger partial charge in [0, 0.05) is 16.9 Å². The molecule has 1 aromatic carbocycles. The van der Waals surface area contributed by atoms with Crippen LogP contribution >= 0.6 is 27.3 Å². The van der Waals surface area contributed by atoms with Crippen molar-refractivity contribution in [1.29, 1.82) is 0 Å². The molecule has 5 rings (SSSR count). The molecule has 0 saturated heterocycles. The van der Waals surface area contributed by atoms with E-state index in [9.17, 15) is 28.2 Å². The number of aliphatic hydroxyl groups is 1. The van der Waals surface area contributed by atoms with Crippen LogP contribution in [0.2, 0.25) is 0 Å². The molecule has 7 nitrogen and oxygen atoms in total. The fraction of sp³-hybridized carbons (Fsp3) is 0.259.